The molecule has 0 saturated carbocycles. The summed E-state index contributed by atoms with van der Waals surface area (Å²) >= 11 is 1.39. The molecule has 35 heavy (non-hydrogen) atoms. The number of thiazole rings is 1. The molecule has 0 atom stereocenters. The first-order chi connectivity index (χ1) is 17.1. The number of nitrogens with zero attached hydrogens (tertiary/aromatic N) is 1. The molecule has 1 heterocycles. The third-order valence-corrected chi connectivity index (χ3v) is 6.23. The zero-order valence-corrected chi connectivity index (χ0v) is 20.8. The lowest BCUT2D eigenvalue weighted by Gasteiger charge is -2.14. The molecule has 1 aromatic heterocycles. The molecule has 4 rings (SSSR count). The topological polar surface area (TPSA) is 82.9 Å². The van der Waals surface area contributed by atoms with E-state index in [2.05, 4.69) is 0 Å². The van der Waals surface area contributed by atoms with E-state index in [4.69, 9.17) is 34.1 Å². The highest BCUT2D eigenvalue weighted by Gasteiger charge is 2.19. The summed E-state index contributed by atoms with van der Waals surface area (Å²) in [5.74, 6) is 2.72. The Morgan fingerprint density at radius 1 is 0.800 bits per heavy atom. The van der Waals surface area contributed by atoms with Crippen molar-refractivity contribution in [3.05, 3.63) is 82.2 Å². The Labute approximate surface area is 208 Å². The van der Waals surface area contributed by atoms with Crippen LogP contribution in [-0.2, 0) is 6.61 Å². The largest absolute Gasteiger partial charge is 0.493 e. The van der Waals surface area contributed by atoms with Crippen molar-refractivity contribution in [2.45, 2.75) is 6.61 Å². The lowest BCUT2D eigenvalue weighted by Crippen LogP contribution is -2.04. The Balaban J connectivity index is 1.60. The van der Waals surface area contributed by atoms with Crippen LogP contribution in [0, 0.1) is 5.41 Å². The van der Waals surface area contributed by atoms with Gasteiger partial charge < -0.3 is 23.7 Å². The Morgan fingerprint density at radius 3 is 2.11 bits per heavy atom. The minimum Gasteiger partial charge on any atom is -0.493 e. The van der Waals surface area contributed by atoms with E-state index in [9.17, 15) is 0 Å². The normalized spacial score (nSPS) is 10.5. The molecule has 0 saturated heterocycles. The number of aromatic nitrogens is 1. The molecule has 0 fully saturated rings. The van der Waals surface area contributed by atoms with Crippen LogP contribution in [-0.4, -0.2) is 39.1 Å². The summed E-state index contributed by atoms with van der Waals surface area (Å²) in [5.41, 5.74) is 3.55. The van der Waals surface area contributed by atoms with Gasteiger partial charge in [0.05, 0.1) is 39.8 Å². The van der Waals surface area contributed by atoms with E-state index in [-0.39, 0.29) is 5.71 Å². The minimum absolute atomic E-state index is 0.259. The number of hydrogen-bond acceptors (Lipinski definition) is 8. The smallest absolute Gasteiger partial charge is 0.203 e. The van der Waals surface area contributed by atoms with Gasteiger partial charge in [0.15, 0.2) is 23.0 Å². The van der Waals surface area contributed by atoms with Crippen LogP contribution in [0.5, 0.6) is 28.7 Å². The highest BCUT2D eigenvalue weighted by Crippen LogP contribution is 2.39. The number of benzene rings is 3. The fraction of sp³-hybridized carbons (Fsp3) is 0.185. The van der Waals surface area contributed by atoms with Gasteiger partial charge in [-0.05, 0) is 35.9 Å². The van der Waals surface area contributed by atoms with E-state index in [0.29, 0.717) is 45.9 Å². The van der Waals surface area contributed by atoms with Crippen molar-refractivity contribution < 1.29 is 23.7 Å². The second-order valence-corrected chi connectivity index (χ2v) is 8.32. The summed E-state index contributed by atoms with van der Waals surface area (Å²) in [6.07, 6.45) is 0. The maximum absolute atomic E-state index is 8.74. The first-order valence-electron chi connectivity index (χ1n) is 10.8. The second kappa shape index (κ2) is 10.9. The molecule has 0 amide bonds. The van der Waals surface area contributed by atoms with E-state index < -0.39 is 0 Å². The first kappa shape index (κ1) is 24.1. The van der Waals surface area contributed by atoms with Gasteiger partial charge in [-0.2, -0.15) is 0 Å². The van der Waals surface area contributed by atoms with Crippen molar-refractivity contribution in [3.63, 3.8) is 0 Å². The van der Waals surface area contributed by atoms with Crippen LogP contribution in [0.25, 0.3) is 11.3 Å². The van der Waals surface area contributed by atoms with E-state index in [1.54, 1.807) is 40.6 Å². The van der Waals surface area contributed by atoms with Crippen LogP contribution >= 0.6 is 11.3 Å². The van der Waals surface area contributed by atoms with Crippen molar-refractivity contribution in [3.8, 4) is 40.0 Å². The van der Waals surface area contributed by atoms with E-state index >= 15 is 0 Å². The van der Waals surface area contributed by atoms with Gasteiger partial charge in [0.25, 0.3) is 0 Å². The quantitative estimate of drug-likeness (QED) is 0.281. The van der Waals surface area contributed by atoms with Gasteiger partial charge in [-0.15, -0.1) is 11.3 Å². The van der Waals surface area contributed by atoms with Gasteiger partial charge in [-0.3, -0.25) is 5.41 Å². The third-order valence-electron chi connectivity index (χ3n) is 5.37. The lowest BCUT2D eigenvalue weighted by atomic mass is 10.1. The van der Waals surface area contributed by atoms with E-state index in [1.165, 1.54) is 11.3 Å². The van der Waals surface area contributed by atoms with Gasteiger partial charge in [-0.1, -0.05) is 30.3 Å². The van der Waals surface area contributed by atoms with Gasteiger partial charge in [0.1, 0.15) is 11.6 Å². The number of rotatable bonds is 10. The average molecular weight is 491 g/mol. The molecular weight excluding hydrogens is 464 g/mol. The molecule has 4 aromatic rings. The third kappa shape index (κ3) is 5.22. The van der Waals surface area contributed by atoms with Crippen LogP contribution in [0.15, 0.2) is 66.0 Å². The molecule has 0 bridgehead atoms. The van der Waals surface area contributed by atoms with Gasteiger partial charge in [0.2, 0.25) is 5.75 Å². The Morgan fingerprint density at radius 2 is 1.49 bits per heavy atom. The summed E-state index contributed by atoms with van der Waals surface area (Å²) < 4.78 is 27.8. The maximum atomic E-state index is 8.74. The molecule has 7 nitrogen and oxygen atoms in total. The summed E-state index contributed by atoms with van der Waals surface area (Å²) in [6.45, 7) is 0.425. The van der Waals surface area contributed by atoms with Gasteiger partial charge in [-0.25, -0.2) is 4.98 Å². The Bertz CT molecular complexity index is 1300. The predicted octanol–water partition coefficient (Wildman–Crippen LogP) is 5.84. The van der Waals surface area contributed by atoms with Crippen molar-refractivity contribution in [1.29, 1.82) is 5.41 Å². The molecule has 0 aliphatic carbocycles. The number of ether oxygens (including phenoxy) is 5. The molecule has 0 unspecified atom stereocenters. The molecule has 3 aromatic carbocycles. The molecule has 8 heteroatoms. The minimum atomic E-state index is 0.259. The molecule has 0 spiro atoms. The molecule has 1 N–H and O–H groups in total. The van der Waals surface area contributed by atoms with Crippen LogP contribution in [0.4, 0.5) is 0 Å². The van der Waals surface area contributed by atoms with E-state index in [0.717, 1.165) is 16.8 Å². The van der Waals surface area contributed by atoms with Crippen LogP contribution < -0.4 is 23.7 Å². The predicted molar refractivity (Wildman–Crippen MR) is 137 cm³/mol. The summed E-state index contributed by atoms with van der Waals surface area (Å²) in [5, 5.41) is 11.2. The molecule has 0 aliphatic rings. The molecule has 0 radical (unpaired) electrons. The standard InChI is InChI=1S/C27H26N2O5S/c1-30-21-11-10-18(12-22(21)34-15-17-8-6-5-7-9-17)20-16-35-27(29-20)25(28)19-13-23(31-2)26(33-4)24(14-19)32-3/h5-14,16,28H,15H2,1-4H3. The Kier molecular flexibility index (Phi) is 7.52. The van der Waals surface area contributed by atoms with Crippen molar-refractivity contribution in [2.24, 2.45) is 0 Å². The SMILES string of the molecule is COc1ccc(-c2csc(C(=N)c3cc(OC)c(OC)c(OC)c3)n2)cc1OCc1ccccc1. The molecular formula is C27H26N2O5S. The highest BCUT2D eigenvalue weighted by atomic mass is 32.1. The molecule has 0 aliphatic heterocycles. The van der Waals surface area contributed by atoms with Crippen molar-refractivity contribution in [2.75, 3.05) is 28.4 Å². The maximum Gasteiger partial charge on any atom is 0.203 e. The second-order valence-electron chi connectivity index (χ2n) is 7.47. The van der Waals surface area contributed by atoms with Crippen LogP contribution in [0.1, 0.15) is 16.1 Å². The van der Waals surface area contributed by atoms with Gasteiger partial charge >= 0.3 is 0 Å². The zero-order chi connectivity index (χ0) is 24.8. The monoisotopic (exact) mass is 490 g/mol. The lowest BCUT2D eigenvalue weighted by molar-refractivity contribution is 0.284. The first-order valence-corrected chi connectivity index (χ1v) is 11.7. The van der Waals surface area contributed by atoms with Crippen molar-refractivity contribution in [1.82, 2.24) is 4.98 Å². The number of methoxy groups -OCH3 is 4. The van der Waals surface area contributed by atoms with E-state index in [1.807, 2.05) is 53.9 Å². The van der Waals surface area contributed by atoms with Crippen LogP contribution in [0.3, 0.4) is 0 Å². The number of hydrogen-bond donors (Lipinski definition) is 1. The average Bonchev–Trinajstić information content (AvgIpc) is 3.41. The highest BCUT2D eigenvalue weighted by molar-refractivity contribution is 7.12. The van der Waals surface area contributed by atoms with Crippen LogP contribution in [0.2, 0.25) is 0 Å². The van der Waals surface area contributed by atoms with Crippen molar-refractivity contribution >= 4 is 17.0 Å². The summed E-state index contributed by atoms with van der Waals surface area (Å²) in [7, 11) is 6.26. The number of nitrogens with one attached hydrogen (secondary N) is 1. The summed E-state index contributed by atoms with van der Waals surface area (Å²) in [6, 6.07) is 19.1. The fourth-order valence-corrected chi connectivity index (χ4v) is 4.35. The van der Waals surface area contributed by atoms with Gasteiger partial charge in [0, 0.05) is 16.5 Å². The molecule has 180 valence electrons. The fourth-order valence-electron chi connectivity index (χ4n) is 3.55. The Hall–Kier alpha value is -4.04. The zero-order valence-electron chi connectivity index (χ0n) is 20.0. The summed E-state index contributed by atoms with van der Waals surface area (Å²) in [4.78, 5) is 4.71.